The highest BCUT2D eigenvalue weighted by atomic mass is 32.2. The van der Waals surface area contributed by atoms with Crippen molar-refractivity contribution in [2.45, 2.75) is 20.3 Å². The fourth-order valence-corrected chi connectivity index (χ4v) is 1.70. The van der Waals surface area contributed by atoms with Gasteiger partial charge in [-0.1, -0.05) is 19.1 Å². The molecule has 0 aromatic heterocycles. The van der Waals surface area contributed by atoms with Crippen molar-refractivity contribution < 1.29 is 13.2 Å². The first kappa shape index (κ1) is 15.3. The lowest BCUT2D eigenvalue weighted by atomic mass is 9.86. The number of hydrogen-bond acceptors (Lipinski definition) is 4. The molecule has 0 aliphatic rings. The number of carbonyl (C=O) groups excluding carboxylic acids is 1. The van der Waals surface area contributed by atoms with Crippen molar-refractivity contribution in [1.82, 2.24) is 5.32 Å². The van der Waals surface area contributed by atoms with Gasteiger partial charge in [-0.3, -0.25) is 4.79 Å². The molecule has 5 nitrogen and oxygen atoms in total. The second kappa shape index (κ2) is 5.58. The normalized spacial score (nSPS) is 15.2. The van der Waals surface area contributed by atoms with Crippen molar-refractivity contribution in [3.05, 3.63) is 0 Å². The van der Waals surface area contributed by atoms with E-state index >= 15 is 0 Å². The van der Waals surface area contributed by atoms with E-state index in [4.69, 9.17) is 18.0 Å². The predicted molar refractivity (Wildman–Crippen MR) is 67.9 cm³/mol. The minimum atomic E-state index is -3.07. The maximum Gasteiger partial charge on any atom is 0.232 e. The number of rotatable bonds is 6. The van der Waals surface area contributed by atoms with Crippen molar-refractivity contribution >= 4 is 33.0 Å². The Morgan fingerprint density at radius 1 is 1.50 bits per heavy atom. The Balaban J connectivity index is 4.41. The molecule has 0 aliphatic carbocycles. The molecule has 16 heavy (non-hydrogen) atoms. The van der Waals surface area contributed by atoms with Gasteiger partial charge in [0, 0.05) is 12.8 Å². The summed E-state index contributed by atoms with van der Waals surface area (Å²) in [5.74, 6) is -0.415. The Morgan fingerprint density at radius 2 is 2.00 bits per heavy atom. The number of nitrogens with two attached hydrogens (primary N) is 1. The summed E-state index contributed by atoms with van der Waals surface area (Å²) in [6, 6.07) is 0. The Labute approximate surface area is 102 Å². The highest BCUT2D eigenvalue weighted by Crippen LogP contribution is 2.21. The van der Waals surface area contributed by atoms with Gasteiger partial charge in [0.2, 0.25) is 5.91 Å². The lowest BCUT2D eigenvalue weighted by Gasteiger charge is -2.25. The van der Waals surface area contributed by atoms with Crippen LogP contribution in [0.15, 0.2) is 0 Å². The van der Waals surface area contributed by atoms with Gasteiger partial charge < -0.3 is 11.1 Å². The van der Waals surface area contributed by atoms with Crippen molar-refractivity contribution in [3.63, 3.8) is 0 Å². The van der Waals surface area contributed by atoms with Crippen LogP contribution in [-0.2, 0) is 14.6 Å². The lowest BCUT2D eigenvalue weighted by molar-refractivity contribution is -0.126. The molecule has 94 valence electrons. The average Bonchev–Trinajstić information content (AvgIpc) is 2.13. The van der Waals surface area contributed by atoms with Gasteiger partial charge in [0.05, 0.1) is 16.2 Å². The van der Waals surface area contributed by atoms with E-state index in [1.165, 1.54) is 0 Å². The van der Waals surface area contributed by atoms with Crippen molar-refractivity contribution in [2.24, 2.45) is 11.1 Å². The average molecular weight is 266 g/mol. The fraction of sp³-hybridized carbons (Fsp3) is 0.778. The Kier molecular flexibility index (Phi) is 5.34. The van der Waals surface area contributed by atoms with Gasteiger partial charge >= 0.3 is 0 Å². The lowest BCUT2D eigenvalue weighted by Crippen LogP contribution is -2.47. The molecule has 0 bridgehead atoms. The maximum atomic E-state index is 11.7. The predicted octanol–water partition coefficient (Wildman–Crippen LogP) is -0.150. The van der Waals surface area contributed by atoms with Crippen LogP contribution >= 0.6 is 12.2 Å². The first-order valence-electron chi connectivity index (χ1n) is 4.89. The van der Waals surface area contributed by atoms with Crippen LogP contribution in [-0.4, -0.2) is 37.9 Å². The summed E-state index contributed by atoms with van der Waals surface area (Å²) in [4.78, 5) is 11.9. The van der Waals surface area contributed by atoms with Gasteiger partial charge in [0.1, 0.15) is 9.84 Å². The summed E-state index contributed by atoms with van der Waals surface area (Å²) < 4.78 is 21.7. The summed E-state index contributed by atoms with van der Waals surface area (Å²) in [6.07, 6.45) is 1.60. The molecular weight excluding hydrogens is 248 g/mol. The van der Waals surface area contributed by atoms with E-state index in [-0.39, 0.29) is 23.2 Å². The van der Waals surface area contributed by atoms with Crippen LogP contribution in [0.2, 0.25) is 0 Å². The Bertz CT molecular complexity index is 378. The van der Waals surface area contributed by atoms with Crippen molar-refractivity contribution in [2.75, 3.05) is 18.6 Å². The van der Waals surface area contributed by atoms with Crippen LogP contribution in [0, 0.1) is 5.41 Å². The van der Waals surface area contributed by atoms with Gasteiger partial charge in [-0.05, 0) is 13.3 Å². The molecular formula is C9H18N2O3S2. The second-order valence-corrected chi connectivity index (χ2v) is 6.64. The van der Waals surface area contributed by atoms with Crippen LogP contribution in [0.3, 0.4) is 0 Å². The molecule has 0 aromatic rings. The monoisotopic (exact) mass is 266 g/mol. The van der Waals surface area contributed by atoms with Gasteiger partial charge in [-0.2, -0.15) is 0 Å². The minimum absolute atomic E-state index is 0.0792. The summed E-state index contributed by atoms with van der Waals surface area (Å²) in [6.45, 7) is 3.52. The standard InChI is InChI=1S/C9H18N2O3S2/c1-4-9(2,7(10)15)8(12)11-5-6-16(3,13)14/h4-6H2,1-3H3,(H2,10,15)(H,11,12). The van der Waals surface area contributed by atoms with Crippen LogP contribution in [0.4, 0.5) is 0 Å². The third kappa shape index (κ3) is 4.44. The van der Waals surface area contributed by atoms with E-state index < -0.39 is 15.3 Å². The molecule has 3 N–H and O–H groups in total. The first-order valence-corrected chi connectivity index (χ1v) is 7.36. The molecule has 0 aromatic carbocycles. The SMILES string of the molecule is CCC(C)(C(=O)NCCS(C)(=O)=O)C(N)=S. The van der Waals surface area contributed by atoms with E-state index in [0.717, 1.165) is 6.26 Å². The molecule has 1 amide bonds. The van der Waals surface area contributed by atoms with Crippen LogP contribution < -0.4 is 11.1 Å². The zero-order valence-electron chi connectivity index (χ0n) is 9.74. The van der Waals surface area contributed by atoms with E-state index in [0.29, 0.717) is 6.42 Å². The van der Waals surface area contributed by atoms with Crippen LogP contribution in [0.1, 0.15) is 20.3 Å². The van der Waals surface area contributed by atoms with Crippen molar-refractivity contribution in [3.8, 4) is 0 Å². The van der Waals surface area contributed by atoms with Crippen LogP contribution in [0.25, 0.3) is 0 Å². The molecule has 0 radical (unpaired) electrons. The highest BCUT2D eigenvalue weighted by Gasteiger charge is 2.34. The number of nitrogens with one attached hydrogen (secondary N) is 1. The highest BCUT2D eigenvalue weighted by molar-refractivity contribution is 7.90. The quantitative estimate of drug-likeness (QED) is 0.653. The van der Waals surface area contributed by atoms with Gasteiger partial charge in [0.25, 0.3) is 0 Å². The molecule has 0 spiro atoms. The molecule has 0 fully saturated rings. The minimum Gasteiger partial charge on any atom is -0.392 e. The maximum absolute atomic E-state index is 11.7. The van der Waals surface area contributed by atoms with Gasteiger partial charge in [0.15, 0.2) is 0 Å². The molecule has 0 aliphatic heterocycles. The van der Waals surface area contributed by atoms with E-state index in [1.807, 2.05) is 0 Å². The number of hydrogen-bond donors (Lipinski definition) is 2. The van der Waals surface area contributed by atoms with Crippen molar-refractivity contribution in [1.29, 1.82) is 0 Å². The van der Waals surface area contributed by atoms with E-state index in [9.17, 15) is 13.2 Å². The number of amides is 1. The first-order chi connectivity index (χ1) is 7.13. The fourth-order valence-electron chi connectivity index (χ4n) is 0.992. The molecule has 1 atom stereocenters. The topological polar surface area (TPSA) is 89.3 Å². The molecule has 0 rings (SSSR count). The van der Waals surface area contributed by atoms with Gasteiger partial charge in [-0.15, -0.1) is 0 Å². The van der Waals surface area contributed by atoms with E-state index in [2.05, 4.69) is 5.32 Å². The van der Waals surface area contributed by atoms with Gasteiger partial charge in [-0.25, -0.2) is 8.42 Å². The number of carbonyl (C=O) groups is 1. The molecule has 0 heterocycles. The second-order valence-electron chi connectivity index (χ2n) is 3.94. The number of thiocarbonyl (C=S) groups is 1. The molecule has 7 heteroatoms. The summed E-state index contributed by atoms with van der Waals surface area (Å²) in [5.41, 5.74) is 4.58. The van der Waals surface area contributed by atoms with Crippen LogP contribution in [0.5, 0.6) is 0 Å². The Morgan fingerprint density at radius 3 is 2.31 bits per heavy atom. The number of sulfone groups is 1. The zero-order valence-corrected chi connectivity index (χ0v) is 11.4. The largest absolute Gasteiger partial charge is 0.392 e. The smallest absolute Gasteiger partial charge is 0.232 e. The molecule has 0 saturated carbocycles. The molecule has 1 unspecified atom stereocenters. The van der Waals surface area contributed by atoms with E-state index in [1.54, 1.807) is 13.8 Å². The summed E-state index contributed by atoms with van der Waals surface area (Å²) >= 11 is 4.83. The molecule has 0 saturated heterocycles. The summed E-state index contributed by atoms with van der Waals surface area (Å²) in [7, 11) is -3.07. The summed E-state index contributed by atoms with van der Waals surface area (Å²) in [5, 5.41) is 2.53. The third-order valence-corrected chi connectivity index (χ3v) is 3.91. The third-order valence-electron chi connectivity index (χ3n) is 2.51. The zero-order chi connectivity index (χ0) is 13.0. The Hall–Kier alpha value is -0.690.